The van der Waals surface area contributed by atoms with Crippen molar-refractivity contribution in [3.8, 4) is 0 Å². The Morgan fingerprint density at radius 1 is 0.661 bits per heavy atom. The van der Waals surface area contributed by atoms with Crippen LogP contribution in [0.15, 0.2) is 72.9 Å². The molecule has 1 aliphatic heterocycles. The lowest BCUT2D eigenvalue weighted by Gasteiger charge is -2.41. The third-order valence-corrected chi connectivity index (χ3v) is 10.0. The number of aliphatic hydroxyl groups excluding tert-OH is 3. The summed E-state index contributed by atoms with van der Waals surface area (Å²) >= 11 is 0. The topological polar surface area (TPSA) is 178 Å². The highest BCUT2D eigenvalue weighted by atomic mass is 32.3. The fraction of sp³-hybridized carbons (Fsp3) is 0.717. The first-order valence-corrected chi connectivity index (χ1v) is 23.6. The summed E-state index contributed by atoms with van der Waals surface area (Å²) in [6.45, 7) is 3.75. The fourth-order valence-corrected chi connectivity index (χ4v) is 6.72. The van der Waals surface area contributed by atoms with E-state index in [-0.39, 0.29) is 19.6 Å². The number of carbonyl (C=O) groups excluding carboxylic acids is 1. The first kappa shape index (κ1) is 54.6. The second-order valence-electron chi connectivity index (χ2n) is 14.9. The fourth-order valence-electron chi connectivity index (χ4n) is 6.21. The van der Waals surface area contributed by atoms with Crippen molar-refractivity contribution >= 4 is 16.4 Å². The molecule has 1 aliphatic rings. The molecule has 13 heteroatoms. The van der Waals surface area contributed by atoms with Gasteiger partial charge in [0.05, 0.1) is 19.8 Å². The van der Waals surface area contributed by atoms with Crippen LogP contribution in [0.4, 0.5) is 0 Å². The third-order valence-electron chi connectivity index (χ3n) is 9.56. The van der Waals surface area contributed by atoms with E-state index < -0.39 is 59.8 Å². The molecular formula is C46H78O12S. The van der Waals surface area contributed by atoms with Crippen LogP contribution in [0.1, 0.15) is 149 Å². The Labute approximate surface area is 356 Å². The molecule has 1 fully saturated rings. The number of esters is 1. The average molecular weight is 855 g/mol. The molecule has 1 heterocycles. The zero-order valence-corrected chi connectivity index (χ0v) is 36.8. The molecule has 0 bridgehead atoms. The molecule has 1 saturated heterocycles. The molecule has 0 aliphatic carbocycles. The average Bonchev–Trinajstić information content (AvgIpc) is 3.20. The molecule has 0 aromatic heterocycles. The number of rotatable bonds is 37. The molecule has 340 valence electrons. The Morgan fingerprint density at radius 3 is 1.71 bits per heavy atom. The minimum absolute atomic E-state index is 0.0133. The molecule has 0 spiro atoms. The van der Waals surface area contributed by atoms with Crippen molar-refractivity contribution in [2.75, 3.05) is 26.4 Å². The Bertz CT molecular complexity index is 1310. The lowest BCUT2D eigenvalue weighted by atomic mass is 9.99. The summed E-state index contributed by atoms with van der Waals surface area (Å²) in [5.41, 5.74) is 0. The quantitative estimate of drug-likeness (QED) is 0.0202. The second-order valence-corrected chi connectivity index (χ2v) is 15.9. The van der Waals surface area contributed by atoms with Gasteiger partial charge in [-0.05, 0) is 77.0 Å². The highest BCUT2D eigenvalue weighted by Gasteiger charge is 2.48. The van der Waals surface area contributed by atoms with Crippen LogP contribution >= 0.6 is 0 Å². The predicted octanol–water partition coefficient (Wildman–Crippen LogP) is 9.13. The van der Waals surface area contributed by atoms with E-state index in [0.717, 1.165) is 109 Å². The van der Waals surface area contributed by atoms with Crippen molar-refractivity contribution in [1.82, 2.24) is 0 Å². The molecule has 0 amide bonds. The summed E-state index contributed by atoms with van der Waals surface area (Å²) in [6.07, 6.45) is 37.9. The van der Waals surface area contributed by atoms with Gasteiger partial charge in [-0.2, -0.15) is 8.42 Å². The Morgan fingerprint density at radius 2 is 1.17 bits per heavy atom. The highest BCUT2D eigenvalue weighted by molar-refractivity contribution is 7.80. The van der Waals surface area contributed by atoms with Crippen LogP contribution in [0.25, 0.3) is 0 Å². The van der Waals surface area contributed by atoms with Crippen molar-refractivity contribution in [2.24, 2.45) is 0 Å². The van der Waals surface area contributed by atoms with E-state index in [2.05, 4.69) is 90.9 Å². The predicted molar refractivity (Wildman–Crippen MR) is 234 cm³/mol. The maximum atomic E-state index is 12.8. The normalized spacial score (nSPS) is 21.1. The summed E-state index contributed by atoms with van der Waals surface area (Å²) in [5.74, 6) is -0.424. The largest absolute Gasteiger partial charge is 0.457 e. The molecule has 0 radical (unpaired) electrons. The summed E-state index contributed by atoms with van der Waals surface area (Å²) in [4.78, 5) is 12.8. The summed E-state index contributed by atoms with van der Waals surface area (Å²) in [7, 11) is -5.07. The first-order chi connectivity index (χ1) is 28.6. The van der Waals surface area contributed by atoms with Crippen LogP contribution in [0.3, 0.4) is 0 Å². The molecule has 6 atom stereocenters. The maximum absolute atomic E-state index is 12.8. The number of hydrogen-bond donors (Lipinski definition) is 4. The zero-order chi connectivity index (χ0) is 43.2. The third kappa shape index (κ3) is 31.1. The highest BCUT2D eigenvalue weighted by Crippen LogP contribution is 2.26. The van der Waals surface area contributed by atoms with Crippen LogP contribution in [0.2, 0.25) is 0 Å². The number of hydrogen-bond acceptors (Lipinski definition) is 11. The SMILES string of the molecule is CC/C=C\C/C=C\C/C=C\C/C=C\CCCCCCCOCC(COC1OC(CO)C(O)C(OS(=O)(=O)O)C1O)OC(=O)CCCCCCC/C=C\C/C=C\CCCC. The zero-order valence-electron chi connectivity index (χ0n) is 36.0. The van der Waals surface area contributed by atoms with E-state index in [9.17, 15) is 28.5 Å². The standard InChI is InChI=1S/C46H78O12S/c1-3-5-7-9-11-13-15-17-19-20-21-22-24-26-28-30-32-34-36-54-38-40(39-55-46-44(50)45(58-59(51,52)53)43(49)41(37-47)57-46)56-42(48)35-33-31-29-27-25-23-18-16-14-12-10-8-6-4-2/h5,7,10-13,16-19,21-22,40-41,43-47,49-50H,3-4,6,8-9,14-15,20,23-39H2,1-2H3,(H,51,52,53)/b7-5-,12-10-,13-11-,18-16-,19-17-,22-21-. The molecule has 0 aromatic carbocycles. The van der Waals surface area contributed by atoms with Gasteiger partial charge in [0.15, 0.2) is 6.29 Å². The van der Waals surface area contributed by atoms with Gasteiger partial charge in [-0.15, -0.1) is 0 Å². The maximum Gasteiger partial charge on any atom is 0.397 e. The summed E-state index contributed by atoms with van der Waals surface area (Å²) in [6, 6.07) is 0. The lowest BCUT2D eigenvalue weighted by molar-refractivity contribution is -0.301. The van der Waals surface area contributed by atoms with Gasteiger partial charge in [0.25, 0.3) is 0 Å². The Balaban J connectivity index is 2.47. The Kier molecular flexibility index (Phi) is 34.5. The molecule has 6 unspecified atom stereocenters. The van der Waals surface area contributed by atoms with Gasteiger partial charge < -0.3 is 34.3 Å². The van der Waals surface area contributed by atoms with E-state index in [1.807, 2.05) is 0 Å². The van der Waals surface area contributed by atoms with Gasteiger partial charge in [-0.1, -0.05) is 138 Å². The van der Waals surface area contributed by atoms with Crippen LogP contribution in [0, 0.1) is 0 Å². The van der Waals surface area contributed by atoms with Gasteiger partial charge in [0.2, 0.25) is 0 Å². The molecule has 0 saturated carbocycles. The van der Waals surface area contributed by atoms with E-state index in [1.165, 1.54) is 12.8 Å². The van der Waals surface area contributed by atoms with Crippen molar-refractivity contribution in [1.29, 1.82) is 0 Å². The molecule has 1 rings (SSSR count). The molecule has 0 aromatic rings. The Hall–Kier alpha value is -2.46. The molecule has 12 nitrogen and oxygen atoms in total. The summed E-state index contributed by atoms with van der Waals surface area (Å²) < 4.78 is 59.0. The second kappa shape index (κ2) is 37.3. The van der Waals surface area contributed by atoms with Gasteiger partial charge in [0, 0.05) is 13.0 Å². The minimum Gasteiger partial charge on any atom is -0.457 e. The number of ether oxygens (including phenoxy) is 4. The van der Waals surface area contributed by atoms with E-state index >= 15 is 0 Å². The van der Waals surface area contributed by atoms with Gasteiger partial charge in [-0.25, -0.2) is 4.18 Å². The number of carbonyl (C=O) groups is 1. The molecular weight excluding hydrogens is 777 g/mol. The van der Waals surface area contributed by atoms with Crippen molar-refractivity contribution in [3.63, 3.8) is 0 Å². The van der Waals surface area contributed by atoms with Crippen molar-refractivity contribution < 1.29 is 56.2 Å². The van der Waals surface area contributed by atoms with Crippen LogP contribution < -0.4 is 0 Å². The van der Waals surface area contributed by atoms with E-state index in [1.54, 1.807) is 0 Å². The van der Waals surface area contributed by atoms with Gasteiger partial charge >= 0.3 is 16.4 Å². The molecule has 59 heavy (non-hydrogen) atoms. The number of unbranched alkanes of at least 4 members (excludes halogenated alkanes) is 12. The van der Waals surface area contributed by atoms with Crippen molar-refractivity contribution in [2.45, 2.75) is 185 Å². The lowest BCUT2D eigenvalue weighted by Crippen LogP contribution is -2.60. The van der Waals surface area contributed by atoms with Crippen LogP contribution in [-0.4, -0.2) is 97.5 Å². The monoisotopic (exact) mass is 855 g/mol. The van der Waals surface area contributed by atoms with Crippen LogP contribution in [0.5, 0.6) is 0 Å². The minimum atomic E-state index is -5.07. The number of allylic oxidation sites excluding steroid dienone is 12. The number of aliphatic hydroxyl groups is 3. The molecule has 4 N–H and O–H groups in total. The van der Waals surface area contributed by atoms with Crippen molar-refractivity contribution in [3.05, 3.63) is 72.9 Å². The first-order valence-electron chi connectivity index (χ1n) is 22.2. The van der Waals surface area contributed by atoms with E-state index in [4.69, 9.17) is 23.5 Å². The van der Waals surface area contributed by atoms with E-state index in [0.29, 0.717) is 13.0 Å². The summed E-state index contributed by atoms with van der Waals surface area (Å²) in [5, 5.41) is 30.6. The van der Waals surface area contributed by atoms with Crippen LogP contribution in [-0.2, 0) is 38.3 Å². The van der Waals surface area contributed by atoms with Gasteiger partial charge in [-0.3, -0.25) is 9.35 Å². The van der Waals surface area contributed by atoms with Gasteiger partial charge in [0.1, 0.15) is 30.5 Å². The smallest absolute Gasteiger partial charge is 0.397 e.